The van der Waals surface area contributed by atoms with Crippen LogP contribution in [0.4, 0.5) is 0 Å². The molecule has 0 unspecified atom stereocenters. The zero-order valence-electron chi connectivity index (χ0n) is 40.6. The van der Waals surface area contributed by atoms with E-state index >= 15 is 0 Å². The van der Waals surface area contributed by atoms with Gasteiger partial charge < -0.3 is 9.13 Å². The lowest BCUT2D eigenvalue weighted by molar-refractivity contribution is 0.953. The molecule has 350 valence electrons. The minimum Gasteiger partial charge on any atom is -0.309 e. The third-order valence-electron chi connectivity index (χ3n) is 14.9. The fourth-order valence-electron chi connectivity index (χ4n) is 11.5. The summed E-state index contributed by atoms with van der Waals surface area (Å²) < 4.78 is 7.16. The van der Waals surface area contributed by atoms with E-state index in [1.54, 1.807) is 0 Å². The number of benzene rings is 11. The first-order valence-electron chi connectivity index (χ1n) is 25.4. The molecule has 0 atom stereocenters. The van der Waals surface area contributed by atoms with E-state index in [0.717, 1.165) is 99.4 Å². The van der Waals surface area contributed by atoms with Gasteiger partial charge in [-0.05, 0) is 76.3 Å². The Balaban J connectivity index is 1.02. The predicted molar refractivity (Wildman–Crippen MR) is 310 cm³/mol. The van der Waals surface area contributed by atoms with Crippen molar-refractivity contribution < 1.29 is 0 Å². The minimum absolute atomic E-state index is 0.531. The van der Waals surface area contributed by atoms with Gasteiger partial charge in [-0.3, -0.25) is 4.57 Å². The van der Waals surface area contributed by atoms with Gasteiger partial charge in [0.15, 0.2) is 11.6 Å². The third-order valence-corrected chi connectivity index (χ3v) is 14.9. The average molecular weight is 957 g/mol. The lowest BCUT2D eigenvalue weighted by Crippen LogP contribution is -2.07. The minimum atomic E-state index is 0.531. The lowest BCUT2D eigenvalue weighted by atomic mass is 9.98. The van der Waals surface area contributed by atoms with Crippen LogP contribution in [0.3, 0.4) is 0 Å². The third kappa shape index (κ3) is 6.92. The Labute approximate surface area is 432 Å². The molecule has 0 spiro atoms. The van der Waals surface area contributed by atoms with E-state index in [-0.39, 0.29) is 0 Å². The van der Waals surface area contributed by atoms with Gasteiger partial charge in [-0.2, -0.15) is 9.97 Å². The van der Waals surface area contributed by atoms with Gasteiger partial charge >= 0.3 is 0 Å². The van der Waals surface area contributed by atoms with Crippen molar-refractivity contribution in [2.75, 3.05) is 0 Å². The van der Waals surface area contributed by atoms with Crippen LogP contribution in [-0.2, 0) is 0 Å². The van der Waals surface area contributed by atoms with E-state index in [1.165, 1.54) is 21.9 Å². The van der Waals surface area contributed by atoms with Gasteiger partial charge in [0.25, 0.3) is 0 Å². The first-order chi connectivity index (χ1) is 37.2. The Morgan fingerprint density at radius 2 is 0.680 bits per heavy atom. The first-order valence-corrected chi connectivity index (χ1v) is 25.4. The van der Waals surface area contributed by atoms with Crippen LogP contribution >= 0.6 is 0 Å². The summed E-state index contributed by atoms with van der Waals surface area (Å²) in [7, 11) is 0. The molecule has 4 aromatic heterocycles. The molecule has 6 nitrogen and oxygen atoms in total. The molecule has 15 aromatic rings. The highest BCUT2D eigenvalue weighted by Gasteiger charge is 2.25. The number of hydrogen-bond donors (Lipinski definition) is 0. The van der Waals surface area contributed by atoms with Crippen molar-refractivity contribution in [2.24, 2.45) is 0 Å². The molecular formula is C69H44N6. The second-order valence-electron chi connectivity index (χ2n) is 19.2. The van der Waals surface area contributed by atoms with E-state index in [4.69, 9.17) is 15.0 Å². The number of para-hydroxylation sites is 4. The molecule has 0 N–H and O–H groups in total. The summed E-state index contributed by atoms with van der Waals surface area (Å²) in [6.07, 6.45) is 0. The smallest absolute Gasteiger partial charge is 0.238 e. The summed E-state index contributed by atoms with van der Waals surface area (Å²) in [5.74, 6) is 1.71. The normalized spacial score (nSPS) is 11.7. The maximum absolute atomic E-state index is 5.54. The molecule has 6 heteroatoms. The Hall–Kier alpha value is -10.2. The zero-order chi connectivity index (χ0) is 49.4. The van der Waals surface area contributed by atoms with Gasteiger partial charge in [-0.15, -0.1) is 0 Å². The van der Waals surface area contributed by atoms with Crippen molar-refractivity contribution in [3.05, 3.63) is 267 Å². The van der Waals surface area contributed by atoms with E-state index < -0.39 is 0 Å². The molecule has 0 aliphatic rings. The van der Waals surface area contributed by atoms with Crippen molar-refractivity contribution in [1.29, 1.82) is 0 Å². The van der Waals surface area contributed by atoms with Gasteiger partial charge in [0, 0.05) is 54.7 Å². The van der Waals surface area contributed by atoms with Gasteiger partial charge in [0.05, 0.1) is 38.8 Å². The van der Waals surface area contributed by atoms with Gasteiger partial charge in [-0.25, -0.2) is 4.98 Å². The van der Waals surface area contributed by atoms with E-state index in [9.17, 15) is 0 Å². The van der Waals surface area contributed by atoms with Crippen molar-refractivity contribution in [2.45, 2.75) is 0 Å². The monoisotopic (exact) mass is 956 g/mol. The van der Waals surface area contributed by atoms with Crippen LogP contribution in [-0.4, -0.2) is 28.7 Å². The fraction of sp³-hybridized carbons (Fsp3) is 0. The van der Waals surface area contributed by atoms with Gasteiger partial charge in [0.2, 0.25) is 5.95 Å². The van der Waals surface area contributed by atoms with Crippen LogP contribution in [0.15, 0.2) is 267 Å². The van der Waals surface area contributed by atoms with Crippen molar-refractivity contribution >= 4 is 65.4 Å². The number of rotatable bonds is 8. The van der Waals surface area contributed by atoms with Crippen molar-refractivity contribution in [1.82, 2.24) is 28.7 Å². The molecule has 0 aliphatic carbocycles. The molecule has 0 aliphatic heterocycles. The molecule has 15 rings (SSSR count). The molecule has 0 saturated carbocycles. The summed E-state index contributed by atoms with van der Waals surface area (Å²) in [5.41, 5.74) is 17.3. The Morgan fingerprint density at radius 3 is 1.32 bits per heavy atom. The summed E-state index contributed by atoms with van der Waals surface area (Å²) in [6, 6.07) is 95.2. The molecule has 0 saturated heterocycles. The highest BCUT2D eigenvalue weighted by Crippen LogP contribution is 2.44. The van der Waals surface area contributed by atoms with Crippen LogP contribution in [0.25, 0.3) is 139 Å². The quantitative estimate of drug-likeness (QED) is 0.152. The largest absolute Gasteiger partial charge is 0.309 e. The Kier molecular flexibility index (Phi) is 9.78. The number of aromatic nitrogens is 6. The van der Waals surface area contributed by atoms with Crippen LogP contribution in [0, 0.1) is 0 Å². The molecule has 0 fully saturated rings. The van der Waals surface area contributed by atoms with Crippen molar-refractivity contribution in [3.8, 4) is 73.5 Å². The second kappa shape index (κ2) is 17.3. The molecule has 11 aromatic carbocycles. The van der Waals surface area contributed by atoms with Gasteiger partial charge in [0.1, 0.15) is 0 Å². The Bertz CT molecular complexity index is 4630. The zero-order valence-corrected chi connectivity index (χ0v) is 40.6. The number of fused-ring (bicyclic) bond motifs is 10. The molecule has 0 amide bonds. The molecular weight excluding hydrogens is 913 g/mol. The highest BCUT2D eigenvalue weighted by atomic mass is 15.2. The SMILES string of the molecule is c1ccc(-c2cccc(-c3ccc(-c4nc(-c5ccccc5)nc(-n5c6ccc(-n7c8ccccc8c8ccccc87)cc6c6ccc7c8ccccc8n(-c8ccccc8-c8ccccc8)c7c65)n4)cc3)c2)cc1. The standard InChI is InChI=1S/C69H44N6/c1-4-19-45(20-5-1)50-25-18-26-51(43-50)46-35-37-49(38-36-46)68-70-67(48-23-8-3-9-24-48)71-69(72-68)75-64-42-39-52(73-61-32-15-11-28-54(61)55-29-12-16-33-62(55)73)44-59(64)58-41-40-57-56-30-13-17-34-63(56)74(65(57)66(58)75)60-31-14-10-27-53(60)47-21-6-2-7-22-47/h1-44H. The van der Waals surface area contributed by atoms with Crippen LogP contribution in [0.1, 0.15) is 0 Å². The van der Waals surface area contributed by atoms with Crippen LogP contribution in [0.2, 0.25) is 0 Å². The van der Waals surface area contributed by atoms with Crippen molar-refractivity contribution in [3.63, 3.8) is 0 Å². The average Bonchev–Trinajstić information content (AvgIpc) is 4.15. The fourth-order valence-corrected chi connectivity index (χ4v) is 11.5. The summed E-state index contributed by atoms with van der Waals surface area (Å²) in [4.78, 5) is 16.3. The molecule has 0 radical (unpaired) electrons. The van der Waals surface area contributed by atoms with E-state index in [0.29, 0.717) is 17.6 Å². The maximum atomic E-state index is 5.54. The van der Waals surface area contributed by atoms with Crippen LogP contribution < -0.4 is 0 Å². The van der Waals surface area contributed by atoms with Gasteiger partial charge in [-0.1, -0.05) is 218 Å². The molecule has 75 heavy (non-hydrogen) atoms. The van der Waals surface area contributed by atoms with E-state index in [2.05, 4.69) is 262 Å². The topological polar surface area (TPSA) is 53.5 Å². The summed E-state index contributed by atoms with van der Waals surface area (Å²) >= 11 is 0. The number of nitrogens with zero attached hydrogens (tertiary/aromatic N) is 6. The molecule has 4 heterocycles. The molecule has 0 bridgehead atoms. The highest BCUT2D eigenvalue weighted by molar-refractivity contribution is 6.24. The lowest BCUT2D eigenvalue weighted by Gasteiger charge is -2.16. The predicted octanol–water partition coefficient (Wildman–Crippen LogP) is 17.5. The number of hydrogen-bond acceptors (Lipinski definition) is 3. The summed E-state index contributed by atoms with van der Waals surface area (Å²) in [6.45, 7) is 0. The second-order valence-corrected chi connectivity index (χ2v) is 19.2. The maximum Gasteiger partial charge on any atom is 0.238 e. The first kappa shape index (κ1) is 42.5. The van der Waals surface area contributed by atoms with Crippen LogP contribution in [0.5, 0.6) is 0 Å². The Morgan fingerprint density at radius 1 is 0.240 bits per heavy atom. The van der Waals surface area contributed by atoms with E-state index in [1.807, 2.05) is 18.2 Å². The summed E-state index contributed by atoms with van der Waals surface area (Å²) in [5, 5.41) is 6.92.